The molecule has 0 saturated heterocycles. The zero-order valence-corrected chi connectivity index (χ0v) is 14.4. The molecule has 0 aliphatic carbocycles. The first-order valence-electron chi connectivity index (χ1n) is 7.72. The summed E-state index contributed by atoms with van der Waals surface area (Å²) < 4.78 is 33.5. The van der Waals surface area contributed by atoms with Gasteiger partial charge < -0.3 is 4.74 Å². The molecule has 4 nitrogen and oxygen atoms in total. The number of anilines is 1. The molecule has 3 aromatic rings. The third kappa shape index (κ3) is 3.08. The quantitative estimate of drug-likeness (QED) is 0.756. The summed E-state index contributed by atoms with van der Waals surface area (Å²) in [6.45, 7) is 1.96. The molecule has 0 bridgehead atoms. The molecule has 0 spiro atoms. The first kappa shape index (κ1) is 16.3. The SMILES string of the molecule is CCc1cc(S(=O)(=O)Nc2cccc3ccccc23)ccc1OC. The molecule has 3 aromatic carbocycles. The molecule has 0 fully saturated rings. The predicted octanol–water partition coefficient (Wildman–Crippen LogP) is 4.21. The number of hydrogen-bond donors (Lipinski definition) is 1. The number of aryl methyl sites for hydroxylation is 1. The topological polar surface area (TPSA) is 55.4 Å². The summed E-state index contributed by atoms with van der Waals surface area (Å²) in [5.41, 5.74) is 1.43. The maximum Gasteiger partial charge on any atom is 0.261 e. The molecule has 0 atom stereocenters. The highest BCUT2D eigenvalue weighted by Gasteiger charge is 2.17. The Bertz CT molecular complexity index is 976. The maximum absolute atomic E-state index is 12.8. The second kappa shape index (κ2) is 6.53. The van der Waals surface area contributed by atoms with E-state index in [1.807, 2.05) is 43.3 Å². The molecule has 0 aliphatic rings. The van der Waals surface area contributed by atoms with Gasteiger partial charge in [-0.05, 0) is 41.6 Å². The van der Waals surface area contributed by atoms with E-state index in [2.05, 4.69) is 4.72 Å². The van der Waals surface area contributed by atoms with Gasteiger partial charge in [0.1, 0.15) is 5.75 Å². The molecule has 1 N–H and O–H groups in total. The lowest BCUT2D eigenvalue weighted by Gasteiger charge is -2.13. The van der Waals surface area contributed by atoms with Gasteiger partial charge in [0, 0.05) is 5.39 Å². The molecule has 0 unspecified atom stereocenters. The van der Waals surface area contributed by atoms with Gasteiger partial charge in [-0.3, -0.25) is 4.72 Å². The van der Waals surface area contributed by atoms with Crippen LogP contribution in [0.15, 0.2) is 65.6 Å². The molecular formula is C19H19NO3S. The van der Waals surface area contributed by atoms with E-state index in [1.54, 1.807) is 31.4 Å². The second-order valence-corrected chi connectivity index (χ2v) is 7.14. The Hall–Kier alpha value is -2.53. The Labute approximate surface area is 142 Å². The number of fused-ring (bicyclic) bond motifs is 1. The van der Waals surface area contributed by atoms with Crippen molar-refractivity contribution in [3.05, 3.63) is 66.2 Å². The van der Waals surface area contributed by atoms with Gasteiger partial charge in [-0.2, -0.15) is 0 Å². The summed E-state index contributed by atoms with van der Waals surface area (Å²) in [6.07, 6.45) is 0.695. The van der Waals surface area contributed by atoms with Crippen molar-refractivity contribution in [1.82, 2.24) is 0 Å². The fourth-order valence-corrected chi connectivity index (χ4v) is 3.85. The molecule has 0 heterocycles. The molecule has 24 heavy (non-hydrogen) atoms. The maximum atomic E-state index is 12.8. The van der Waals surface area contributed by atoms with Crippen LogP contribution in [0.4, 0.5) is 5.69 Å². The minimum absolute atomic E-state index is 0.230. The lowest BCUT2D eigenvalue weighted by atomic mass is 10.1. The van der Waals surface area contributed by atoms with Gasteiger partial charge in [0.25, 0.3) is 10.0 Å². The Morgan fingerprint density at radius 3 is 2.50 bits per heavy atom. The number of nitrogens with one attached hydrogen (secondary N) is 1. The average molecular weight is 341 g/mol. The van der Waals surface area contributed by atoms with Crippen molar-refractivity contribution in [3.63, 3.8) is 0 Å². The van der Waals surface area contributed by atoms with E-state index < -0.39 is 10.0 Å². The molecule has 0 aliphatic heterocycles. The van der Waals surface area contributed by atoms with Crippen molar-refractivity contribution in [1.29, 1.82) is 0 Å². The van der Waals surface area contributed by atoms with Crippen LogP contribution in [0, 0.1) is 0 Å². The van der Waals surface area contributed by atoms with Crippen molar-refractivity contribution in [3.8, 4) is 5.75 Å². The van der Waals surface area contributed by atoms with Crippen molar-refractivity contribution < 1.29 is 13.2 Å². The lowest BCUT2D eigenvalue weighted by molar-refractivity contribution is 0.409. The van der Waals surface area contributed by atoms with E-state index in [-0.39, 0.29) is 4.90 Å². The number of sulfonamides is 1. The fraction of sp³-hybridized carbons (Fsp3) is 0.158. The Balaban J connectivity index is 2.02. The third-order valence-corrected chi connectivity index (χ3v) is 5.34. The predicted molar refractivity (Wildman–Crippen MR) is 97.1 cm³/mol. The lowest BCUT2D eigenvalue weighted by Crippen LogP contribution is -2.13. The minimum atomic E-state index is -3.67. The first-order valence-corrected chi connectivity index (χ1v) is 9.21. The molecule has 0 amide bonds. The van der Waals surface area contributed by atoms with Crippen molar-refractivity contribution in [2.24, 2.45) is 0 Å². The standard InChI is InChI=1S/C19H19NO3S/c1-3-14-13-16(11-12-19(14)23-2)24(21,22)20-18-10-6-8-15-7-4-5-9-17(15)18/h4-13,20H,3H2,1-2H3. The normalized spacial score (nSPS) is 11.4. The van der Waals surface area contributed by atoms with Gasteiger partial charge in [-0.15, -0.1) is 0 Å². The van der Waals surface area contributed by atoms with Crippen LogP contribution in [0.1, 0.15) is 12.5 Å². The number of rotatable bonds is 5. The van der Waals surface area contributed by atoms with E-state index in [9.17, 15) is 8.42 Å². The van der Waals surface area contributed by atoms with Crippen LogP contribution < -0.4 is 9.46 Å². The van der Waals surface area contributed by atoms with E-state index in [0.29, 0.717) is 17.9 Å². The van der Waals surface area contributed by atoms with Crippen LogP contribution in [0.3, 0.4) is 0 Å². The van der Waals surface area contributed by atoms with Gasteiger partial charge in [0.2, 0.25) is 0 Å². The van der Waals surface area contributed by atoms with E-state index in [1.165, 1.54) is 0 Å². The zero-order chi connectivity index (χ0) is 17.2. The highest BCUT2D eigenvalue weighted by molar-refractivity contribution is 7.92. The van der Waals surface area contributed by atoms with Gasteiger partial charge in [-0.1, -0.05) is 43.3 Å². The minimum Gasteiger partial charge on any atom is -0.496 e. The van der Waals surface area contributed by atoms with Crippen molar-refractivity contribution >= 4 is 26.5 Å². The van der Waals surface area contributed by atoms with Crippen LogP contribution in [0.2, 0.25) is 0 Å². The van der Waals surface area contributed by atoms with E-state index in [0.717, 1.165) is 16.3 Å². The number of hydrogen-bond acceptors (Lipinski definition) is 3. The highest BCUT2D eigenvalue weighted by atomic mass is 32.2. The van der Waals surface area contributed by atoms with Crippen LogP contribution in [0.25, 0.3) is 10.8 Å². The Morgan fingerprint density at radius 1 is 1.00 bits per heavy atom. The largest absolute Gasteiger partial charge is 0.496 e. The summed E-state index contributed by atoms with van der Waals surface area (Å²) in [4.78, 5) is 0.230. The monoisotopic (exact) mass is 341 g/mol. The first-order chi connectivity index (χ1) is 11.5. The van der Waals surface area contributed by atoms with E-state index in [4.69, 9.17) is 4.74 Å². The van der Waals surface area contributed by atoms with Crippen LogP contribution in [-0.2, 0) is 16.4 Å². The fourth-order valence-electron chi connectivity index (χ4n) is 2.72. The van der Waals surface area contributed by atoms with Gasteiger partial charge in [-0.25, -0.2) is 8.42 Å². The molecule has 3 rings (SSSR count). The van der Waals surface area contributed by atoms with Gasteiger partial charge >= 0.3 is 0 Å². The molecular weight excluding hydrogens is 322 g/mol. The summed E-state index contributed by atoms with van der Waals surface area (Å²) in [5, 5.41) is 1.86. The van der Waals surface area contributed by atoms with Crippen molar-refractivity contribution in [2.45, 2.75) is 18.2 Å². The van der Waals surface area contributed by atoms with Gasteiger partial charge in [0.05, 0.1) is 17.7 Å². The molecule has 124 valence electrons. The third-order valence-electron chi connectivity index (χ3n) is 3.98. The zero-order valence-electron chi connectivity index (χ0n) is 13.6. The highest BCUT2D eigenvalue weighted by Crippen LogP contribution is 2.27. The Morgan fingerprint density at radius 2 is 1.75 bits per heavy atom. The summed E-state index contributed by atoms with van der Waals surface area (Å²) in [6, 6.07) is 18.1. The molecule has 0 aromatic heterocycles. The summed E-state index contributed by atoms with van der Waals surface area (Å²) in [7, 11) is -2.09. The Kier molecular flexibility index (Phi) is 4.44. The summed E-state index contributed by atoms with van der Waals surface area (Å²) in [5.74, 6) is 0.696. The summed E-state index contributed by atoms with van der Waals surface area (Å²) >= 11 is 0. The molecule has 0 saturated carbocycles. The van der Waals surface area contributed by atoms with Gasteiger partial charge in [0.15, 0.2) is 0 Å². The second-order valence-electron chi connectivity index (χ2n) is 5.46. The van der Waals surface area contributed by atoms with Crippen molar-refractivity contribution in [2.75, 3.05) is 11.8 Å². The molecule has 5 heteroatoms. The van der Waals surface area contributed by atoms with Crippen LogP contribution in [-0.4, -0.2) is 15.5 Å². The number of ether oxygens (including phenoxy) is 1. The van der Waals surface area contributed by atoms with E-state index >= 15 is 0 Å². The van der Waals surface area contributed by atoms with Crippen LogP contribution >= 0.6 is 0 Å². The molecule has 0 radical (unpaired) electrons. The number of benzene rings is 3. The average Bonchev–Trinajstić information content (AvgIpc) is 2.61. The van der Waals surface area contributed by atoms with Crippen LogP contribution in [0.5, 0.6) is 5.75 Å². The smallest absolute Gasteiger partial charge is 0.261 e. The number of methoxy groups -OCH3 is 1.